The molecule has 3 aliphatic heterocycles. The van der Waals surface area contributed by atoms with E-state index in [1.165, 1.54) is 4.31 Å². The SMILES string of the molecule is O=C([C@@H]1CCCO1)N1CCc2cccc(S(=O)(=O)N3CCOCC3)c2C1. The van der Waals surface area contributed by atoms with Crippen LogP contribution in [0.15, 0.2) is 23.1 Å². The largest absolute Gasteiger partial charge is 0.379 e. The van der Waals surface area contributed by atoms with Gasteiger partial charge in [-0.3, -0.25) is 4.79 Å². The van der Waals surface area contributed by atoms with E-state index in [4.69, 9.17) is 9.47 Å². The van der Waals surface area contributed by atoms with E-state index in [2.05, 4.69) is 0 Å². The van der Waals surface area contributed by atoms with E-state index in [9.17, 15) is 13.2 Å². The summed E-state index contributed by atoms with van der Waals surface area (Å²) in [5.41, 5.74) is 1.76. The lowest BCUT2D eigenvalue weighted by Gasteiger charge is -2.33. The molecule has 0 N–H and O–H groups in total. The molecule has 0 unspecified atom stereocenters. The first-order valence-electron chi connectivity index (χ1n) is 9.16. The highest BCUT2D eigenvalue weighted by molar-refractivity contribution is 7.89. The molecule has 0 aromatic heterocycles. The summed E-state index contributed by atoms with van der Waals surface area (Å²) in [5, 5.41) is 0. The summed E-state index contributed by atoms with van der Waals surface area (Å²) >= 11 is 0. The summed E-state index contributed by atoms with van der Waals surface area (Å²) < 4.78 is 38.5. The molecule has 7 nitrogen and oxygen atoms in total. The summed E-state index contributed by atoms with van der Waals surface area (Å²) in [7, 11) is -3.59. The van der Waals surface area contributed by atoms with Gasteiger partial charge in [0.25, 0.3) is 5.91 Å². The van der Waals surface area contributed by atoms with Gasteiger partial charge in [0.1, 0.15) is 6.10 Å². The Morgan fingerprint density at radius 3 is 2.65 bits per heavy atom. The van der Waals surface area contributed by atoms with Crippen molar-refractivity contribution in [2.45, 2.75) is 36.8 Å². The molecule has 1 amide bonds. The van der Waals surface area contributed by atoms with Crippen LogP contribution in [-0.4, -0.2) is 69.1 Å². The van der Waals surface area contributed by atoms with Crippen LogP contribution in [0.5, 0.6) is 0 Å². The fourth-order valence-corrected chi connectivity index (χ4v) is 5.55. The summed E-state index contributed by atoms with van der Waals surface area (Å²) in [6.07, 6.45) is 1.94. The van der Waals surface area contributed by atoms with Gasteiger partial charge in [0, 0.05) is 32.8 Å². The number of rotatable bonds is 3. The monoisotopic (exact) mass is 380 g/mol. The van der Waals surface area contributed by atoms with E-state index in [1.807, 2.05) is 6.07 Å². The normalized spacial score (nSPS) is 24.5. The van der Waals surface area contributed by atoms with Crippen molar-refractivity contribution in [1.29, 1.82) is 0 Å². The Kier molecular flexibility index (Phi) is 5.00. The third kappa shape index (κ3) is 3.26. The van der Waals surface area contributed by atoms with E-state index in [-0.39, 0.29) is 12.0 Å². The Hall–Kier alpha value is -1.48. The van der Waals surface area contributed by atoms with Gasteiger partial charge in [-0.25, -0.2) is 8.42 Å². The van der Waals surface area contributed by atoms with Crippen LogP contribution < -0.4 is 0 Å². The van der Waals surface area contributed by atoms with Crippen molar-refractivity contribution >= 4 is 15.9 Å². The van der Waals surface area contributed by atoms with E-state index in [1.54, 1.807) is 17.0 Å². The molecule has 3 heterocycles. The zero-order chi connectivity index (χ0) is 18.1. The number of fused-ring (bicyclic) bond motifs is 1. The van der Waals surface area contributed by atoms with Crippen molar-refractivity contribution in [1.82, 2.24) is 9.21 Å². The average molecular weight is 380 g/mol. The van der Waals surface area contributed by atoms with Crippen LogP contribution in [0.1, 0.15) is 24.0 Å². The number of hydrogen-bond acceptors (Lipinski definition) is 5. The molecule has 2 saturated heterocycles. The molecule has 1 aromatic carbocycles. The fourth-order valence-electron chi connectivity index (χ4n) is 3.88. The minimum absolute atomic E-state index is 0.0216. The van der Waals surface area contributed by atoms with Crippen molar-refractivity contribution in [2.24, 2.45) is 0 Å². The molecule has 0 spiro atoms. The van der Waals surface area contributed by atoms with Crippen molar-refractivity contribution < 1.29 is 22.7 Å². The lowest BCUT2D eigenvalue weighted by molar-refractivity contribution is -0.141. The molecule has 26 heavy (non-hydrogen) atoms. The Bertz CT molecular complexity index is 783. The van der Waals surface area contributed by atoms with Gasteiger partial charge in [0.05, 0.1) is 18.1 Å². The molecule has 0 radical (unpaired) electrons. The first-order chi connectivity index (χ1) is 12.6. The summed E-state index contributed by atoms with van der Waals surface area (Å²) in [4.78, 5) is 14.8. The molecule has 3 aliphatic rings. The number of ether oxygens (including phenoxy) is 2. The Balaban J connectivity index is 1.62. The van der Waals surface area contributed by atoms with E-state index in [0.29, 0.717) is 57.3 Å². The highest BCUT2D eigenvalue weighted by Gasteiger charge is 2.34. The molecular formula is C18H24N2O5S. The summed E-state index contributed by atoms with van der Waals surface area (Å²) in [6, 6.07) is 5.41. The molecule has 142 valence electrons. The minimum atomic E-state index is -3.59. The minimum Gasteiger partial charge on any atom is -0.379 e. The van der Waals surface area contributed by atoms with E-state index >= 15 is 0 Å². The van der Waals surface area contributed by atoms with Gasteiger partial charge in [0.2, 0.25) is 10.0 Å². The number of nitrogens with zero attached hydrogens (tertiary/aromatic N) is 2. The maximum atomic E-state index is 13.1. The maximum Gasteiger partial charge on any atom is 0.252 e. The molecule has 2 fully saturated rings. The molecule has 4 rings (SSSR count). The van der Waals surface area contributed by atoms with Crippen LogP contribution in [0.4, 0.5) is 0 Å². The third-order valence-electron chi connectivity index (χ3n) is 5.33. The number of amides is 1. The molecule has 0 bridgehead atoms. The average Bonchev–Trinajstić information content (AvgIpc) is 3.22. The Morgan fingerprint density at radius 1 is 1.12 bits per heavy atom. The molecule has 0 aliphatic carbocycles. The predicted octanol–water partition coefficient (Wildman–Crippen LogP) is 0.771. The maximum absolute atomic E-state index is 13.1. The molecule has 1 aromatic rings. The molecular weight excluding hydrogens is 356 g/mol. The van der Waals surface area contributed by atoms with Crippen LogP contribution in [-0.2, 0) is 37.3 Å². The van der Waals surface area contributed by atoms with E-state index in [0.717, 1.165) is 24.0 Å². The van der Waals surface area contributed by atoms with Gasteiger partial charge in [-0.1, -0.05) is 12.1 Å². The topological polar surface area (TPSA) is 76.2 Å². The zero-order valence-corrected chi connectivity index (χ0v) is 15.5. The van der Waals surface area contributed by atoms with Gasteiger partial charge in [0.15, 0.2) is 0 Å². The number of carbonyl (C=O) groups excluding carboxylic acids is 1. The van der Waals surface area contributed by atoms with E-state index < -0.39 is 10.0 Å². The van der Waals surface area contributed by atoms with Crippen molar-refractivity contribution in [2.75, 3.05) is 39.5 Å². The fraction of sp³-hybridized carbons (Fsp3) is 0.611. The van der Waals surface area contributed by atoms with Crippen LogP contribution in [0.3, 0.4) is 0 Å². The lowest BCUT2D eigenvalue weighted by atomic mass is 9.99. The second kappa shape index (κ2) is 7.26. The van der Waals surface area contributed by atoms with Crippen molar-refractivity contribution in [3.63, 3.8) is 0 Å². The van der Waals surface area contributed by atoms with Crippen LogP contribution in [0.2, 0.25) is 0 Å². The second-order valence-electron chi connectivity index (χ2n) is 6.92. The summed E-state index contributed by atoms with van der Waals surface area (Å²) in [6.45, 7) is 3.11. The number of benzene rings is 1. The van der Waals surface area contributed by atoms with Gasteiger partial charge < -0.3 is 14.4 Å². The second-order valence-corrected chi connectivity index (χ2v) is 8.83. The number of morpholine rings is 1. The van der Waals surface area contributed by atoms with Gasteiger partial charge in [-0.05, 0) is 36.5 Å². The highest BCUT2D eigenvalue weighted by atomic mass is 32.2. The first kappa shape index (κ1) is 17.9. The number of sulfonamides is 1. The van der Waals surface area contributed by atoms with Gasteiger partial charge >= 0.3 is 0 Å². The smallest absolute Gasteiger partial charge is 0.252 e. The standard InChI is InChI=1S/C18H24N2O5S/c21-18(16-4-2-10-25-16)19-7-6-14-3-1-5-17(15(14)13-19)26(22,23)20-8-11-24-12-9-20/h1,3,5,16H,2,4,6-13H2/t16-/m0/s1. The van der Waals surface area contributed by atoms with Gasteiger partial charge in [-0.2, -0.15) is 4.31 Å². The quantitative estimate of drug-likeness (QED) is 0.774. The molecule has 1 atom stereocenters. The number of carbonyl (C=O) groups is 1. The van der Waals surface area contributed by atoms with Crippen molar-refractivity contribution in [3.05, 3.63) is 29.3 Å². The first-order valence-corrected chi connectivity index (χ1v) is 10.6. The van der Waals surface area contributed by atoms with Crippen LogP contribution in [0.25, 0.3) is 0 Å². The molecule has 0 saturated carbocycles. The Labute approximate surface area is 153 Å². The third-order valence-corrected chi connectivity index (χ3v) is 7.32. The highest BCUT2D eigenvalue weighted by Crippen LogP contribution is 2.29. The van der Waals surface area contributed by atoms with Gasteiger partial charge in [-0.15, -0.1) is 0 Å². The number of hydrogen-bond donors (Lipinski definition) is 0. The van der Waals surface area contributed by atoms with Crippen LogP contribution in [0, 0.1) is 0 Å². The van der Waals surface area contributed by atoms with Crippen LogP contribution >= 0.6 is 0 Å². The lowest BCUT2D eigenvalue weighted by Crippen LogP contribution is -2.44. The Morgan fingerprint density at radius 2 is 1.92 bits per heavy atom. The zero-order valence-electron chi connectivity index (χ0n) is 14.7. The predicted molar refractivity (Wildman–Crippen MR) is 94.1 cm³/mol. The summed E-state index contributed by atoms with van der Waals surface area (Å²) in [5.74, 6) is -0.0216. The molecule has 8 heteroatoms. The van der Waals surface area contributed by atoms with Crippen molar-refractivity contribution in [3.8, 4) is 0 Å².